The summed E-state index contributed by atoms with van der Waals surface area (Å²) in [5.41, 5.74) is 3.46. The van der Waals surface area contributed by atoms with Gasteiger partial charge in [-0.3, -0.25) is 14.5 Å². The number of anilines is 2. The van der Waals surface area contributed by atoms with Gasteiger partial charge in [-0.1, -0.05) is 0 Å². The van der Waals surface area contributed by atoms with Crippen LogP contribution in [0.3, 0.4) is 0 Å². The molecule has 33 heavy (non-hydrogen) atoms. The molecular formula is C24H30N6O3. The van der Waals surface area contributed by atoms with Crippen LogP contribution in [0, 0.1) is 6.92 Å². The Kier molecular flexibility index (Phi) is 6.50. The summed E-state index contributed by atoms with van der Waals surface area (Å²) in [4.78, 5) is 39.1. The van der Waals surface area contributed by atoms with Crippen molar-refractivity contribution < 1.29 is 14.3 Å². The van der Waals surface area contributed by atoms with Gasteiger partial charge in [-0.15, -0.1) is 0 Å². The molecule has 2 amide bonds. The second-order valence-corrected chi connectivity index (χ2v) is 8.47. The van der Waals surface area contributed by atoms with Gasteiger partial charge in [-0.2, -0.15) is 0 Å². The molecule has 0 bridgehead atoms. The third-order valence-electron chi connectivity index (χ3n) is 5.89. The molecule has 2 heterocycles. The van der Waals surface area contributed by atoms with E-state index in [-0.39, 0.29) is 18.4 Å². The summed E-state index contributed by atoms with van der Waals surface area (Å²) in [6, 6.07) is 13.0. The Morgan fingerprint density at radius 3 is 2.64 bits per heavy atom. The zero-order valence-electron chi connectivity index (χ0n) is 19.5. The first-order valence-corrected chi connectivity index (χ1v) is 10.9. The topological polar surface area (TPSA) is 93.8 Å². The molecule has 174 valence electrons. The van der Waals surface area contributed by atoms with Crippen molar-refractivity contribution in [2.45, 2.75) is 13.0 Å². The zero-order valence-corrected chi connectivity index (χ0v) is 19.5. The van der Waals surface area contributed by atoms with E-state index in [0.29, 0.717) is 18.8 Å². The van der Waals surface area contributed by atoms with Gasteiger partial charge >= 0.3 is 0 Å². The number of fused-ring (bicyclic) bond motifs is 1. The monoisotopic (exact) mass is 450 g/mol. The Bertz CT molecular complexity index is 1140. The van der Waals surface area contributed by atoms with E-state index in [4.69, 9.17) is 4.74 Å². The number of methoxy groups -OCH3 is 1. The lowest BCUT2D eigenvalue weighted by Gasteiger charge is -2.42. The van der Waals surface area contributed by atoms with Crippen LogP contribution in [0.25, 0.3) is 11.0 Å². The van der Waals surface area contributed by atoms with Gasteiger partial charge in [0.15, 0.2) is 0 Å². The van der Waals surface area contributed by atoms with Crippen LogP contribution in [-0.4, -0.2) is 85.0 Å². The summed E-state index contributed by atoms with van der Waals surface area (Å²) in [5.74, 6) is 1.45. The van der Waals surface area contributed by atoms with Gasteiger partial charge < -0.3 is 24.8 Å². The van der Waals surface area contributed by atoms with Crippen LogP contribution in [0.2, 0.25) is 0 Å². The average molecular weight is 451 g/mol. The third-order valence-corrected chi connectivity index (χ3v) is 5.89. The van der Waals surface area contributed by atoms with Gasteiger partial charge in [0.2, 0.25) is 11.8 Å². The summed E-state index contributed by atoms with van der Waals surface area (Å²) in [5, 5.41) is 2.95. The van der Waals surface area contributed by atoms with Crippen molar-refractivity contribution in [1.29, 1.82) is 0 Å². The molecule has 0 unspecified atom stereocenters. The van der Waals surface area contributed by atoms with E-state index in [1.54, 1.807) is 26.1 Å². The molecule has 3 aromatic rings. The number of carbonyl (C=O) groups excluding carboxylic acids is 2. The van der Waals surface area contributed by atoms with Crippen molar-refractivity contribution in [3.05, 3.63) is 48.3 Å². The third kappa shape index (κ3) is 5.09. The van der Waals surface area contributed by atoms with Crippen molar-refractivity contribution >= 4 is 34.2 Å². The van der Waals surface area contributed by atoms with E-state index in [9.17, 15) is 9.59 Å². The fourth-order valence-corrected chi connectivity index (χ4v) is 4.17. The maximum Gasteiger partial charge on any atom is 0.241 e. The molecule has 0 spiro atoms. The molecule has 2 aromatic carbocycles. The Morgan fingerprint density at radius 1 is 1.18 bits per heavy atom. The van der Waals surface area contributed by atoms with Gasteiger partial charge in [-0.05, 0) is 49.4 Å². The van der Waals surface area contributed by atoms with Crippen molar-refractivity contribution in [3.8, 4) is 5.75 Å². The highest BCUT2D eigenvalue weighted by Gasteiger charge is 2.34. The second kappa shape index (κ2) is 9.50. The Balaban J connectivity index is 1.45. The number of piperazine rings is 1. The average Bonchev–Trinajstić information content (AvgIpc) is 3.18. The SMILES string of the molecule is COc1ccc(N2CCN(CC(=O)Nc3ccc4nc(C)[nH]c4c3)[C@@H](C(=O)N(C)C)C2)cc1. The molecule has 9 heteroatoms. The van der Waals surface area contributed by atoms with Gasteiger partial charge in [0, 0.05) is 45.1 Å². The summed E-state index contributed by atoms with van der Waals surface area (Å²) >= 11 is 0. The number of aryl methyl sites for hydroxylation is 1. The predicted octanol–water partition coefficient (Wildman–Crippen LogP) is 2.10. The Labute approximate surface area is 193 Å². The van der Waals surface area contributed by atoms with E-state index in [1.807, 2.05) is 54.3 Å². The second-order valence-electron chi connectivity index (χ2n) is 8.47. The number of aromatic amines is 1. The van der Waals surface area contributed by atoms with Gasteiger partial charge in [-0.25, -0.2) is 4.98 Å². The standard InChI is InChI=1S/C24H30N6O3/c1-16-25-20-10-5-17(13-21(20)26-16)27-23(31)15-30-12-11-29(14-22(30)24(32)28(2)3)18-6-8-19(33-4)9-7-18/h5-10,13,22H,11-12,14-15H2,1-4H3,(H,25,26)(H,27,31)/t22-/m1/s1. The number of nitrogens with one attached hydrogen (secondary N) is 2. The molecule has 0 radical (unpaired) electrons. The minimum Gasteiger partial charge on any atom is -0.497 e. The lowest BCUT2D eigenvalue weighted by atomic mass is 10.1. The molecule has 2 N–H and O–H groups in total. The Morgan fingerprint density at radius 2 is 1.94 bits per heavy atom. The number of carbonyl (C=O) groups is 2. The fraction of sp³-hybridized carbons (Fsp3) is 0.375. The van der Waals surface area contributed by atoms with Crippen molar-refractivity contribution in [2.75, 3.05) is 57.6 Å². The first-order valence-electron chi connectivity index (χ1n) is 10.9. The van der Waals surface area contributed by atoms with Gasteiger partial charge in [0.05, 0.1) is 24.7 Å². The van der Waals surface area contributed by atoms with E-state index in [2.05, 4.69) is 20.2 Å². The molecule has 4 rings (SSSR count). The number of benzene rings is 2. The lowest BCUT2D eigenvalue weighted by molar-refractivity contribution is -0.135. The number of rotatable bonds is 6. The quantitative estimate of drug-likeness (QED) is 0.597. The maximum absolute atomic E-state index is 13.0. The van der Waals surface area contributed by atoms with Crippen LogP contribution in [-0.2, 0) is 9.59 Å². The van der Waals surface area contributed by atoms with Crippen LogP contribution in [0.1, 0.15) is 5.82 Å². The van der Waals surface area contributed by atoms with Crippen LogP contribution in [0.4, 0.5) is 11.4 Å². The molecule has 1 fully saturated rings. The molecule has 9 nitrogen and oxygen atoms in total. The molecular weight excluding hydrogens is 420 g/mol. The smallest absolute Gasteiger partial charge is 0.241 e. The number of hydrogen-bond donors (Lipinski definition) is 2. The first kappa shape index (κ1) is 22.6. The number of amides is 2. The molecule has 1 saturated heterocycles. The van der Waals surface area contributed by atoms with Crippen molar-refractivity contribution in [2.24, 2.45) is 0 Å². The fourth-order valence-electron chi connectivity index (χ4n) is 4.17. The summed E-state index contributed by atoms with van der Waals surface area (Å²) < 4.78 is 5.24. The number of ether oxygens (including phenoxy) is 1. The lowest BCUT2D eigenvalue weighted by Crippen LogP contribution is -2.60. The molecule has 0 aliphatic carbocycles. The van der Waals surface area contributed by atoms with Crippen LogP contribution < -0.4 is 15.0 Å². The summed E-state index contributed by atoms with van der Waals surface area (Å²) in [7, 11) is 5.13. The minimum atomic E-state index is -0.417. The number of H-pyrrole nitrogens is 1. The highest BCUT2D eigenvalue weighted by molar-refractivity contribution is 5.95. The molecule has 1 atom stereocenters. The normalized spacial score (nSPS) is 16.6. The van der Waals surface area contributed by atoms with Crippen LogP contribution in [0.5, 0.6) is 5.75 Å². The number of imidazole rings is 1. The van der Waals surface area contributed by atoms with E-state index in [1.165, 1.54) is 0 Å². The highest BCUT2D eigenvalue weighted by atomic mass is 16.5. The first-order chi connectivity index (χ1) is 15.8. The Hall–Kier alpha value is -3.59. The van der Waals surface area contributed by atoms with Crippen LogP contribution >= 0.6 is 0 Å². The maximum atomic E-state index is 13.0. The minimum absolute atomic E-state index is 0.0182. The summed E-state index contributed by atoms with van der Waals surface area (Å²) in [6.07, 6.45) is 0. The molecule has 1 aliphatic heterocycles. The van der Waals surface area contributed by atoms with Gasteiger partial charge in [0.25, 0.3) is 0 Å². The number of likely N-dealkylation sites (N-methyl/N-ethyl adjacent to an activating group) is 1. The van der Waals surface area contributed by atoms with E-state index in [0.717, 1.165) is 34.8 Å². The van der Waals surface area contributed by atoms with Crippen molar-refractivity contribution in [3.63, 3.8) is 0 Å². The summed E-state index contributed by atoms with van der Waals surface area (Å²) in [6.45, 7) is 3.86. The van der Waals surface area contributed by atoms with Crippen LogP contribution in [0.15, 0.2) is 42.5 Å². The highest BCUT2D eigenvalue weighted by Crippen LogP contribution is 2.23. The predicted molar refractivity (Wildman–Crippen MR) is 129 cm³/mol. The molecule has 1 aliphatic rings. The number of aromatic nitrogens is 2. The van der Waals surface area contributed by atoms with E-state index >= 15 is 0 Å². The molecule has 0 saturated carbocycles. The van der Waals surface area contributed by atoms with E-state index < -0.39 is 6.04 Å². The zero-order chi connectivity index (χ0) is 23.5. The number of hydrogen-bond acceptors (Lipinski definition) is 6. The largest absolute Gasteiger partial charge is 0.497 e. The van der Waals surface area contributed by atoms with Gasteiger partial charge in [0.1, 0.15) is 17.6 Å². The van der Waals surface area contributed by atoms with Crippen molar-refractivity contribution in [1.82, 2.24) is 19.8 Å². The number of nitrogens with zero attached hydrogens (tertiary/aromatic N) is 4. The molecule has 1 aromatic heterocycles.